The highest BCUT2D eigenvalue weighted by molar-refractivity contribution is 7.89. The molecule has 0 atom stereocenters. The standard InChI is InChI=1S/C19H20N2O3S/c1-13-6-3-4-9-17(13)25(23,24)20-11-10-16-12-15-8-5-7-14(2)18(15)21-19(16)22/h3-9,12,20H,10-11H2,1-2H3,(H,21,22). The highest BCUT2D eigenvalue weighted by atomic mass is 32.2. The van der Waals surface area contributed by atoms with Crippen LogP contribution in [0.5, 0.6) is 0 Å². The Morgan fingerprint density at radius 3 is 2.48 bits per heavy atom. The van der Waals surface area contributed by atoms with Gasteiger partial charge in [0.1, 0.15) is 0 Å². The van der Waals surface area contributed by atoms with Crippen LogP contribution in [0.1, 0.15) is 16.7 Å². The Kier molecular flexibility index (Phi) is 4.74. The van der Waals surface area contributed by atoms with Gasteiger partial charge in [0, 0.05) is 12.1 Å². The zero-order valence-corrected chi connectivity index (χ0v) is 15.0. The van der Waals surface area contributed by atoms with Gasteiger partial charge in [-0.2, -0.15) is 0 Å². The molecule has 0 saturated carbocycles. The number of rotatable bonds is 5. The molecule has 0 spiro atoms. The summed E-state index contributed by atoms with van der Waals surface area (Å²) in [5.41, 5.74) is 2.88. The molecule has 3 aromatic rings. The van der Waals surface area contributed by atoms with Crippen LogP contribution in [-0.2, 0) is 16.4 Å². The molecule has 0 saturated heterocycles. The van der Waals surface area contributed by atoms with E-state index in [4.69, 9.17) is 0 Å². The molecule has 25 heavy (non-hydrogen) atoms. The normalized spacial score (nSPS) is 11.8. The lowest BCUT2D eigenvalue weighted by molar-refractivity contribution is 0.581. The van der Waals surface area contributed by atoms with Crippen molar-refractivity contribution in [1.29, 1.82) is 0 Å². The molecule has 2 aromatic carbocycles. The van der Waals surface area contributed by atoms with Crippen LogP contribution in [0.25, 0.3) is 10.9 Å². The number of H-pyrrole nitrogens is 1. The van der Waals surface area contributed by atoms with Gasteiger partial charge in [-0.15, -0.1) is 0 Å². The Bertz CT molecular complexity index is 1090. The maximum Gasteiger partial charge on any atom is 0.251 e. The molecule has 0 aliphatic carbocycles. The molecule has 0 fully saturated rings. The number of aryl methyl sites for hydroxylation is 2. The minimum absolute atomic E-state index is 0.164. The maximum absolute atomic E-state index is 12.4. The van der Waals surface area contributed by atoms with E-state index in [9.17, 15) is 13.2 Å². The minimum atomic E-state index is -3.59. The summed E-state index contributed by atoms with van der Waals surface area (Å²) >= 11 is 0. The first-order valence-electron chi connectivity index (χ1n) is 8.05. The second-order valence-electron chi connectivity index (χ2n) is 6.08. The largest absolute Gasteiger partial charge is 0.321 e. The van der Waals surface area contributed by atoms with Gasteiger partial charge in [-0.25, -0.2) is 13.1 Å². The Hall–Kier alpha value is -2.44. The maximum atomic E-state index is 12.4. The van der Waals surface area contributed by atoms with Gasteiger partial charge in [0.2, 0.25) is 10.0 Å². The summed E-state index contributed by atoms with van der Waals surface area (Å²) < 4.78 is 27.3. The van der Waals surface area contributed by atoms with Crippen molar-refractivity contribution in [3.8, 4) is 0 Å². The van der Waals surface area contributed by atoms with E-state index in [1.54, 1.807) is 31.2 Å². The number of fused-ring (bicyclic) bond motifs is 1. The summed E-state index contributed by atoms with van der Waals surface area (Å²) in [6, 6.07) is 14.4. The lowest BCUT2D eigenvalue weighted by atomic mass is 10.1. The number of hydrogen-bond donors (Lipinski definition) is 2. The third-order valence-corrected chi connectivity index (χ3v) is 5.86. The molecule has 130 valence electrons. The molecule has 0 unspecified atom stereocenters. The number of aromatic nitrogens is 1. The number of para-hydroxylation sites is 1. The van der Waals surface area contributed by atoms with Crippen LogP contribution < -0.4 is 10.3 Å². The first-order valence-corrected chi connectivity index (χ1v) is 9.53. The Balaban J connectivity index is 1.78. The van der Waals surface area contributed by atoms with Gasteiger partial charge in [0.05, 0.1) is 10.4 Å². The van der Waals surface area contributed by atoms with Gasteiger partial charge in [-0.05, 0) is 48.9 Å². The predicted molar refractivity (Wildman–Crippen MR) is 99.4 cm³/mol. The molecule has 0 amide bonds. The Labute approximate surface area is 146 Å². The molecule has 3 rings (SSSR count). The van der Waals surface area contributed by atoms with Gasteiger partial charge in [-0.3, -0.25) is 4.79 Å². The Morgan fingerprint density at radius 1 is 1.00 bits per heavy atom. The summed E-state index contributed by atoms with van der Waals surface area (Å²) in [6.45, 7) is 3.86. The van der Waals surface area contributed by atoms with Crippen LogP contribution in [-0.4, -0.2) is 19.9 Å². The molecule has 5 nitrogen and oxygen atoms in total. The van der Waals surface area contributed by atoms with Crippen molar-refractivity contribution in [2.24, 2.45) is 0 Å². The fraction of sp³-hybridized carbons (Fsp3) is 0.211. The summed E-state index contributed by atoms with van der Waals surface area (Å²) in [5, 5.41) is 0.941. The second kappa shape index (κ2) is 6.82. The zero-order chi connectivity index (χ0) is 18.0. The van der Waals surface area contributed by atoms with E-state index in [1.165, 1.54) is 0 Å². The van der Waals surface area contributed by atoms with Crippen molar-refractivity contribution < 1.29 is 8.42 Å². The number of aromatic amines is 1. The smallest absolute Gasteiger partial charge is 0.251 e. The third kappa shape index (κ3) is 3.65. The number of sulfonamides is 1. The topological polar surface area (TPSA) is 79.0 Å². The monoisotopic (exact) mass is 356 g/mol. The van der Waals surface area contributed by atoms with E-state index in [1.807, 2.05) is 31.2 Å². The van der Waals surface area contributed by atoms with Crippen LogP contribution >= 0.6 is 0 Å². The average Bonchev–Trinajstić information content (AvgIpc) is 2.56. The molecule has 2 N–H and O–H groups in total. The number of benzene rings is 2. The van der Waals surface area contributed by atoms with Crippen LogP contribution in [0, 0.1) is 13.8 Å². The molecule has 1 heterocycles. The number of nitrogens with one attached hydrogen (secondary N) is 2. The van der Waals surface area contributed by atoms with E-state index in [2.05, 4.69) is 9.71 Å². The summed E-state index contributed by atoms with van der Waals surface area (Å²) in [4.78, 5) is 15.4. The fourth-order valence-corrected chi connectivity index (χ4v) is 4.15. The molecule has 1 aromatic heterocycles. The third-order valence-electron chi connectivity index (χ3n) is 4.23. The number of pyridine rings is 1. The van der Waals surface area contributed by atoms with Crippen molar-refractivity contribution in [3.05, 3.63) is 75.6 Å². The summed E-state index contributed by atoms with van der Waals surface area (Å²) in [5.74, 6) is 0. The van der Waals surface area contributed by atoms with Gasteiger partial charge >= 0.3 is 0 Å². The first-order chi connectivity index (χ1) is 11.9. The SMILES string of the molecule is Cc1ccccc1S(=O)(=O)NCCc1cc2cccc(C)c2[nH]c1=O. The van der Waals surface area contributed by atoms with Crippen molar-refractivity contribution in [2.45, 2.75) is 25.2 Å². The second-order valence-corrected chi connectivity index (χ2v) is 7.81. The Morgan fingerprint density at radius 2 is 1.72 bits per heavy atom. The highest BCUT2D eigenvalue weighted by Crippen LogP contribution is 2.16. The van der Waals surface area contributed by atoms with Crippen molar-refractivity contribution in [3.63, 3.8) is 0 Å². The van der Waals surface area contributed by atoms with Crippen molar-refractivity contribution in [1.82, 2.24) is 9.71 Å². The van der Waals surface area contributed by atoms with Crippen LogP contribution in [0.15, 0.2) is 58.2 Å². The van der Waals surface area contributed by atoms with E-state index in [0.717, 1.165) is 16.5 Å². The molecule has 0 aliphatic heterocycles. The van der Waals surface area contributed by atoms with Crippen molar-refractivity contribution in [2.75, 3.05) is 6.54 Å². The van der Waals surface area contributed by atoms with Gasteiger partial charge < -0.3 is 4.98 Å². The highest BCUT2D eigenvalue weighted by Gasteiger charge is 2.15. The summed E-state index contributed by atoms with van der Waals surface area (Å²) in [6.07, 6.45) is 0.324. The van der Waals surface area contributed by atoms with E-state index < -0.39 is 10.0 Å². The molecular formula is C19H20N2O3S. The molecule has 6 heteroatoms. The first kappa shape index (κ1) is 17.4. The van der Waals surface area contributed by atoms with Crippen molar-refractivity contribution >= 4 is 20.9 Å². The van der Waals surface area contributed by atoms with Gasteiger partial charge in [0.25, 0.3) is 5.56 Å². The van der Waals surface area contributed by atoms with E-state index in [-0.39, 0.29) is 17.0 Å². The van der Waals surface area contributed by atoms with Crippen LogP contribution in [0.3, 0.4) is 0 Å². The molecule has 0 bridgehead atoms. The van der Waals surface area contributed by atoms with Crippen LogP contribution in [0.2, 0.25) is 0 Å². The van der Waals surface area contributed by atoms with Crippen LogP contribution in [0.4, 0.5) is 0 Å². The molecule has 0 aliphatic rings. The minimum Gasteiger partial charge on any atom is -0.321 e. The molecule has 0 radical (unpaired) electrons. The van der Waals surface area contributed by atoms with Gasteiger partial charge in [0.15, 0.2) is 0 Å². The lowest BCUT2D eigenvalue weighted by Crippen LogP contribution is -2.28. The quantitative estimate of drug-likeness (QED) is 0.738. The van der Waals surface area contributed by atoms with Gasteiger partial charge in [-0.1, -0.05) is 36.4 Å². The zero-order valence-electron chi connectivity index (χ0n) is 14.2. The summed E-state index contributed by atoms with van der Waals surface area (Å²) in [7, 11) is -3.59. The average molecular weight is 356 g/mol. The molecular weight excluding hydrogens is 336 g/mol. The lowest BCUT2D eigenvalue weighted by Gasteiger charge is -2.09. The van der Waals surface area contributed by atoms with E-state index >= 15 is 0 Å². The fourth-order valence-electron chi connectivity index (χ4n) is 2.87. The van der Waals surface area contributed by atoms with E-state index in [0.29, 0.717) is 17.5 Å². The number of hydrogen-bond acceptors (Lipinski definition) is 3. The predicted octanol–water partition coefficient (Wildman–Crippen LogP) is 2.67.